The molecule has 5 nitrogen and oxygen atoms in total. The van der Waals surface area contributed by atoms with Gasteiger partial charge in [0.25, 0.3) is 0 Å². The quantitative estimate of drug-likeness (QED) is 0.874. The zero-order valence-electron chi connectivity index (χ0n) is 13.2. The zero-order valence-corrected chi connectivity index (χ0v) is 13.2. The third-order valence-corrected chi connectivity index (χ3v) is 5.06. The molecule has 22 heavy (non-hydrogen) atoms. The van der Waals surface area contributed by atoms with E-state index in [-0.39, 0.29) is 6.23 Å². The third-order valence-electron chi connectivity index (χ3n) is 5.06. The van der Waals surface area contributed by atoms with E-state index in [1.165, 1.54) is 25.8 Å². The van der Waals surface area contributed by atoms with E-state index in [2.05, 4.69) is 27.6 Å². The normalized spacial score (nSPS) is 26.8. The lowest BCUT2D eigenvalue weighted by Gasteiger charge is -2.32. The summed E-state index contributed by atoms with van der Waals surface area (Å²) in [5, 5.41) is 0. The maximum absolute atomic E-state index is 5.93. The Bertz CT molecular complexity index is 647. The number of imidazole rings is 1. The first kappa shape index (κ1) is 14.2. The summed E-state index contributed by atoms with van der Waals surface area (Å²) in [4.78, 5) is 11.9. The molecule has 0 amide bonds. The van der Waals surface area contributed by atoms with Gasteiger partial charge in [-0.3, -0.25) is 4.57 Å². The van der Waals surface area contributed by atoms with Gasteiger partial charge >= 0.3 is 0 Å². The number of ether oxygens (including phenoxy) is 1. The van der Waals surface area contributed by atoms with Crippen molar-refractivity contribution in [1.82, 2.24) is 19.4 Å². The van der Waals surface area contributed by atoms with Crippen LogP contribution in [0.4, 0.5) is 0 Å². The fourth-order valence-corrected chi connectivity index (χ4v) is 3.80. The maximum Gasteiger partial charge on any atom is 0.162 e. The monoisotopic (exact) mass is 300 g/mol. The van der Waals surface area contributed by atoms with Crippen molar-refractivity contribution in [1.29, 1.82) is 0 Å². The van der Waals surface area contributed by atoms with Crippen molar-refractivity contribution in [3.8, 4) is 0 Å². The highest BCUT2D eigenvalue weighted by Gasteiger charge is 2.27. The molecular formula is C17H24N4O. The lowest BCUT2D eigenvalue weighted by molar-refractivity contribution is 0.0557. The van der Waals surface area contributed by atoms with Gasteiger partial charge in [-0.05, 0) is 51.4 Å². The van der Waals surface area contributed by atoms with Gasteiger partial charge in [0, 0.05) is 25.3 Å². The number of piperidine rings is 1. The fraction of sp³-hybridized carbons (Fsp3) is 0.647. The summed E-state index contributed by atoms with van der Waals surface area (Å²) in [6.07, 6.45) is 9.06. The van der Waals surface area contributed by atoms with E-state index >= 15 is 0 Å². The predicted octanol–water partition coefficient (Wildman–Crippen LogP) is 2.77. The Balaban J connectivity index is 1.70. The summed E-state index contributed by atoms with van der Waals surface area (Å²) in [6, 6.07) is 4.61. The lowest BCUT2D eigenvalue weighted by Crippen LogP contribution is -2.38. The van der Waals surface area contributed by atoms with E-state index < -0.39 is 0 Å². The van der Waals surface area contributed by atoms with E-state index in [9.17, 15) is 0 Å². The van der Waals surface area contributed by atoms with Crippen LogP contribution in [-0.2, 0) is 11.2 Å². The number of nitrogens with zero attached hydrogens (tertiary/aromatic N) is 4. The summed E-state index contributed by atoms with van der Waals surface area (Å²) < 4.78 is 8.19. The number of aromatic nitrogens is 3. The summed E-state index contributed by atoms with van der Waals surface area (Å²) in [6.45, 7) is 2.04. The molecule has 0 bridgehead atoms. The van der Waals surface area contributed by atoms with Crippen LogP contribution in [0.3, 0.4) is 0 Å². The Morgan fingerprint density at radius 2 is 2.23 bits per heavy atom. The molecule has 4 heterocycles. The van der Waals surface area contributed by atoms with Crippen molar-refractivity contribution in [2.45, 2.75) is 50.8 Å². The Kier molecular flexibility index (Phi) is 3.84. The number of fused-ring (bicyclic) bond motifs is 1. The van der Waals surface area contributed by atoms with Crippen LogP contribution in [0.2, 0.25) is 0 Å². The van der Waals surface area contributed by atoms with Gasteiger partial charge in [-0.15, -0.1) is 0 Å². The smallest absolute Gasteiger partial charge is 0.162 e. The minimum absolute atomic E-state index is 0.115. The first-order valence-electron chi connectivity index (χ1n) is 8.46. The first-order valence-corrected chi connectivity index (χ1v) is 8.46. The van der Waals surface area contributed by atoms with Crippen molar-refractivity contribution in [3.63, 3.8) is 0 Å². The largest absolute Gasteiger partial charge is 0.358 e. The summed E-state index contributed by atoms with van der Waals surface area (Å²) in [5.74, 6) is 1.14. The van der Waals surface area contributed by atoms with Gasteiger partial charge < -0.3 is 9.64 Å². The minimum Gasteiger partial charge on any atom is -0.358 e. The second-order valence-electron chi connectivity index (χ2n) is 6.55. The Morgan fingerprint density at radius 3 is 3.05 bits per heavy atom. The third kappa shape index (κ3) is 2.52. The van der Waals surface area contributed by atoms with Crippen LogP contribution in [0.25, 0.3) is 11.2 Å². The molecule has 0 radical (unpaired) electrons. The average molecular weight is 300 g/mol. The van der Waals surface area contributed by atoms with Gasteiger partial charge in [-0.25, -0.2) is 9.97 Å². The zero-order chi connectivity index (χ0) is 14.9. The fourth-order valence-electron chi connectivity index (χ4n) is 3.80. The maximum atomic E-state index is 5.93. The lowest BCUT2D eigenvalue weighted by atomic mass is 10.00. The molecule has 2 aromatic rings. The Labute approximate surface area is 131 Å². The summed E-state index contributed by atoms with van der Waals surface area (Å²) in [5.41, 5.74) is 1.97. The number of pyridine rings is 1. The van der Waals surface area contributed by atoms with Crippen LogP contribution in [0.1, 0.15) is 44.2 Å². The van der Waals surface area contributed by atoms with Crippen LogP contribution in [0.5, 0.6) is 0 Å². The van der Waals surface area contributed by atoms with E-state index in [0.717, 1.165) is 42.9 Å². The average Bonchev–Trinajstić information content (AvgIpc) is 3.16. The standard InChI is InChI=1S/C17H24N4O/c1-20-10-3-2-6-13(20)12-15-19-14-7-4-9-18-17(14)21(15)16-8-5-11-22-16/h4,7,9,13,16H,2-3,5-6,8,10-12H2,1H3. The molecule has 0 aromatic carbocycles. The van der Waals surface area contributed by atoms with Gasteiger partial charge in [-0.1, -0.05) is 6.42 Å². The van der Waals surface area contributed by atoms with E-state index in [4.69, 9.17) is 9.72 Å². The minimum atomic E-state index is 0.115. The van der Waals surface area contributed by atoms with Crippen LogP contribution in [0, 0.1) is 0 Å². The highest BCUT2D eigenvalue weighted by Crippen LogP contribution is 2.30. The van der Waals surface area contributed by atoms with Gasteiger partial charge in [0.15, 0.2) is 5.65 Å². The van der Waals surface area contributed by atoms with E-state index in [1.807, 2.05) is 12.3 Å². The molecular weight excluding hydrogens is 276 g/mol. The van der Waals surface area contributed by atoms with E-state index in [0.29, 0.717) is 6.04 Å². The van der Waals surface area contributed by atoms with E-state index in [1.54, 1.807) is 0 Å². The number of hydrogen-bond donors (Lipinski definition) is 0. The molecule has 2 saturated heterocycles. The second-order valence-corrected chi connectivity index (χ2v) is 6.55. The van der Waals surface area contributed by atoms with Crippen LogP contribution in [-0.4, -0.2) is 45.7 Å². The van der Waals surface area contributed by atoms with Crippen LogP contribution < -0.4 is 0 Å². The Hall–Kier alpha value is -1.46. The molecule has 0 aliphatic carbocycles. The number of rotatable bonds is 3. The highest BCUT2D eigenvalue weighted by molar-refractivity contribution is 5.71. The molecule has 2 aromatic heterocycles. The molecule has 0 saturated carbocycles. The summed E-state index contributed by atoms with van der Waals surface area (Å²) in [7, 11) is 2.24. The van der Waals surface area contributed by atoms with Gasteiger partial charge in [0.1, 0.15) is 17.6 Å². The number of hydrogen-bond acceptors (Lipinski definition) is 4. The Morgan fingerprint density at radius 1 is 1.27 bits per heavy atom. The van der Waals surface area contributed by atoms with Gasteiger partial charge in [0.2, 0.25) is 0 Å². The highest BCUT2D eigenvalue weighted by atomic mass is 16.5. The molecule has 2 fully saturated rings. The number of likely N-dealkylation sites (N-methyl/N-ethyl adjacent to an activating group) is 1. The van der Waals surface area contributed by atoms with Crippen molar-refractivity contribution in [2.75, 3.05) is 20.2 Å². The van der Waals surface area contributed by atoms with Crippen molar-refractivity contribution < 1.29 is 4.74 Å². The molecule has 5 heteroatoms. The summed E-state index contributed by atoms with van der Waals surface area (Å²) >= 11 is 0. The van der Waals surface area contributed by atoms with Crippen molar-refractivity contribution in [3.05, 3.63) is 24.2 Å². The molecule has 0 N–H and O–H groups in total. The predicted molar refractivity (Wildman–Crippen MR) is 85.7 cm³/mol. The SMILES string of the molecule is CN1CCCCC1Cc1nc2cccnc2n1C1CCCO1. The molecule has 2 aliphatic heterocycles. The topological polar surface area (TPSA) is 43.2 Å². The molecule has 2 aliphatic rings. The molecule has 2 atom stereocenters. The molecule has 2 unspecified atom stereocenters. The second kappa shape index (κ2) is 5.97. The molecule has 118 valence electrons. The van der Waals surface area contributed by atoms with Crippen molar-refractivity contribution >= 4 is 11.2 Å². The van der Waals surface area contributed by atoms with Crippen molar-refractivity contribution in [2.24, 2.45) is 0 Å². The van der Waals surface area contributed by atoms with Crippen LogP contribution in [0.15, 0.2) is 18.3 Å². The van der Waals surface area contributed by atoms with Gasteiger partial charge in [0.05, 0.1) is 0 Å². The molecule has 4 rings (SSSR count). The molecule has 0 spiro atoms. The van der Waals surface area contributed by atoms with Crippen LogP contribution >= 0.6 is 0 Å². The first-order chi connectivity index (χ1) is 10.8. The van der Waals surface area contributed by atoms with Gasteiger partial charge in [-0.2, -0.15) is 0 Å². The number of likely N-dealkylation sites (tertiary alicyclic amines) is 1.